The predicted molar refractivity (Wildman–Crippen MR) is 70.4 cm³/mol. The fourth-order valence-electron chi connectivity index (χ4n) is 1.42. The summed E-state index contributed by atoms with van der Waals surface area (Å²) in [6, 6.07) is 7.25. The Morgan fingerprint density at radius 2 is 2.00 bits per heavy atom. The molecular formula is C13H13ClN2O2. The molecule has 0 aliphatic heterocycles. The summed E-state index contributed by atoms with van der Waals surface area (Å²) in [5.41, 5.74) is 1.63. The van der Waals surface area contributed by atoms with Crippen LogP contribution in [0.1, 0.15) is 13.8 Å². The maximum atomic E-state index is 11.6. The number of amides is 1. The molecule has 2 aromatic rings. The number of hydrogen-bond donors (Lipinski definition) is 1. The first-order valence-electron chi connectivity index (χ1n) is 5.59. The van der Waals surface area contributed by atoms with Crippen molar-refractivity contribution in [1.29, 1.82) is 0 Å². The summed E-state index contributed by atoms with van der Waals surface area (Å²) in [5, 5.41) is 7.07. The Morgan fingerprint density at radius 1 is 1.33 bits per heavy atom. The van der Waals surface area contributed by atoms with Crippen molar-refractivity contribution in [3.63, 3.8) is 0 Å². The van der Waals surface area contributed by atoms with Crippen LogP contribution >= 0.6 is 11.6 Å². The average Bonchev–Trinajstić information content (AvgIpc) is 2.78. The van der Waals surface area contributed by atoms with Crippen molar-refractivity contribution < 1.29 is 9.32 Å². The number of aromatic nitrogens is 1. The van der Waals surface area contributed by atoms with E-state index in [0.717, 1.165) is 11.1 Å². The summed E-state index contributed by atoms with van der Waals surface area (Å²) in [6.07, 6.45) is 1.57. The molecule has 0 spiro atoms. The minimum absolute atomic E-state index is 0.109. The van der Waals surface area contributed by atoms with Gasteiger partial charge in [0.05, 0.1) is 11.8 Å². The van der Waals surface area contributed by atoms with Crippen molar-refractivity contribution >= 4 is 23.4 Å². The molecule has 1 N–H and O–H groups in total. The van der Waals surface area contributed by atoms with Gasteiger partial charge in [-0.15, -0.1) is 0 Å². The number of rotatable bonds is 3. The number of nitrogens with zero attached hydrogens (tertiary/aromatic N) is 1. The summed E-state index contributed by atoms with van der Waals surface area (Å²) in [6.45, 7) is 3.63. The molecule has 0 bridgehead atoms. The van der Waals surface area contributed by atoms with Crippen LogP contribution in [0.3, 0.4) is 0 Å². The summed E-state index contributed by atoms with van der Waals surface area (Å²) >= 11 is 5.83. The lowest BCUT2D eigenvalue weighted by atomic mass is 10.1. The van der Waals surface area contributed by atoms with Crippen molar-refractivity contribution in [2.45, 2.75) is 13.8 Å². The molecule has 0 fully saturated rings. The maximum Gasteiger partial charge on any atom is 0.239 e. The third kappa shape index (κ3) is 2.71. The smallest absolute Gasteiger partial charge is 0.239 e. The van der Waals surface area contributed by atoms with Crippen molar-refractivity contribution in [3.8, 4) is 11.1 Å². The molecule has 5 heteroatoms. The van der Waals surface area contributed by atoms with Gasteiger partial charge in [-0.3, -0.25) is 10.1 Å². The Balaban J connectivity index is 2.27. The van der Waals surface area contributed by atoms with Crippen LogP contribution in [-0.4, -0.2) is 11.1 Å². The molecule has 0 saturated carbocycles. The Labute approximate surface area is 110 Å². The van der Waals surface area contributed by atoms with E-state index in [1.54, 1.807) is 18.3 Å². The Bertz CT molecular complexity index is 546. The summed E-state index contributed by atoms with van der Waals surface area (Å²) in [5.74, 6) is 0.131. The van der Waals surface area contributed by atoms with Crippen molar-refractivity contribution in [3.05, 3.63) is 35.5 Å². The Morgan fingerprint density at radius 3 is 2.61 bits per heavy atom. The second-order valence-electron chi connectivity index (χ2n) is 4.22. The molecule has 0 unspecified atom stereocenters. The number of nitrogens with one attached hydrogen (secondary N) is 1. The van der Waals surface area contributed by atoms with Crippen molar-refractivity contribution in [2.24, 2.45) is 5.92 Å². The van der Waals surface area contributed by atoms with E-state index in [4.69, 9.17) is 16.1 Å². The lowest BCUT2D eigenvalue weighted by molar-refractivity contribution is -0.119. The highest BCUT2D eigenvalue weighted by Crippen LogP contribution is 2.28. The largest absolute Gasteiger partial charge is 0.338 e. The maximum absolute atomic E-state index is 11.6. The zero-order valence-electron chi connectivity index (χ0n) is 10.1. The highest BCUT2D eigenvalue weighted by atomic mass is 35.5. The Kier molecular flexibility index (Phi) is 3.67. The number of benzene rings is 1. The van der Waals surface area contributed by atoms with Gasteiger partial charge in [0, 0.05) is 10.9 Å². The zero-order chi connectivity index (χ0) is 13.1. The van der Waals surface area contributed by atoms with Gasteiger partial charge < -0.3 is 4.52 Å². The van der Waals surface area contributed by atoms with Gasteiger partial charge in [0.1, 0.15) is 0 Å². The minimum Gasteiger partial charge on any atom is -0.338 e. The summed E-state index contributed by atoms with van der Waals surface area (Å²) < 4.78 is 5.06. The van der Waals surface area contributed by atoms with Gasteiger partial charge in [0.15, 0.2) is 0 Å². The van der Waals surface area contributed by atoms with E-state index in [1.165, 1.54) is 0 Å². The van der Waals surface area contributed by atoms with Gasteiger partial charge in [-0.1, -0.05) is 42.7 Å². The van der Waals surface area contributed by atoms with Crippen molar-refractivity contribution in [2.75, 3.05) is 5.32 Å². The molecule has 1 amide bonds. The van der Waals surface area contributed by atoms with Crippen LogP contribution in [0.15, 0.2) is 35.0 Å². The first kappa shape index (κ1) is 12.6. The van der Waals surface area contributed by atoms with Gasteiger partial charge in [-0.05, 0) is 17.7 Å². The quantitative estimate of drug-likeness (QED) is 0.922. The predicted octanol–water partition coefficient (Wildman–Crippen LogP) is 3.59. The van der Waals surface area contributed by atoms with E-state index in [-0.39, 0.29) is 11.8 Å². The second-order valence-corrected chi connectivity index (χ2v) is 4.66. The van der Waals surface area contributed by atoms with Gasteiger partial charge in [-0.2, -0.15) is 0 Å². The van der Waals surface area contributed by atoms with E-state index in [9.17, 15) is 4.79 Å². The fraction of sp³-hybridized carbons (Fsp3) is 0.231. The van der Waals surface area contributed by atoms with Crippen LogP contribution in [0.5, 0.6) is 0 Å². The van der Waals surface area contributed by atoms with E-state index in [2.05, 4.69) is 10.5 Å². The Hall–Kier alpha value is -1.81. The van der Waals surface area contributed by atoms with Crippen LogP contribution in [0, 0.1) is 5.92 Å². The molecule has 1 aromatic heterocycles. The van der Waals surface area contributed by atoms with Gasteiger partial charge in [0.25, 0.3) is 0 Å². The normalized spacial score (nSPS) is 10.7. The van der Waals surface area contributed by atoms with E-state index >= 15 is 0 Å². The summed E-state index contributed by atoms with van der Waals surface area (Å²) in [4.78, 5) is 11.6. The zero-order valence-corrected chi connectivity index (χ0v) is 10.9. The molecule has 18 heavy (non-hydrogen) atoms. The monoisotopic (exact) mass is 264 g/mol. The molecule has 94 valence electrons. The first-order valence-corrected chi connectivity index (χ1v) is 5.97. The average molecular weight is 265 g/mol. The number of carbonyl (C=O) groups excluding carboxylic acids is 1. The van der Waals surface area contributed by atoms with Crippen LogP contribution in [0.25, 0.3) is 11.1 Å². The highest BCUT2D eigenvalue weighted by Gasteiger charge is 2.15. The third-order valence-corrected chi connectivity index (χ3v) is 2.74. The molecule has 0 atom stereocenters. The number of hydrogen-bond acceptors (Lipinski definition) is 3. The van der Waals surface area contributed by atoms with E-state index < -0.39 is 0 Å². The molecule has 1 heterocycles. The molecule has 0 saturated heterocycles. The molecule has 1 aromatic carbocycles. The molecule has 2 rings (SSSR count). The molecule has 0 radical (unpaired) electrons. The lowest BCUT2D eigenvalue weighted by Crippen LogP contribution is -2.17. The first-order chi connectivity index (χ1) is 8.58. The topological polar surface area (TPSA) is 55.1 Å². The standard InChI is InChI=1S/C13H13ClN2O2/c1-8(2)12(17)16-13-11(7-15-18-13)9-3-5-10(14)6-4-9/h3-8H,1-2H3,(H,16,17). The lowest BCUT2D eigenvalue weighted by Gasteiger charge is -2.06. The molecule has 0 aliphatic carbocycles. The fourth-order valence-corrected chi connectivity index (χ4v) is 1.55. The summed E-state index contributed by atoms with van der Waals surface area (Å²) in [7, 11) is 0. The van der Waals surface area contributed by atoms with Crippen molar-refractivity contribution in [1.82, 2.24) is 5.16 Å². The second kappa shape index (κ2) is 5.23. The number of carbonyl (C=O) groups is 1. The van der Waals surface area contributed by atoms with Crippen LogP contribution in [-0.2, 0) is 4.79 Å². The van der Waals surface area contributed by atoms with Gasteiger partial charge in [0.2, 0.25) is 11.8 Å². The number of halogens is 1. The molecule has 0 aliphatic rings. The van der Waals surface area contributed by atoms with E-state index in [0.29, 0.717) is 10.9 Å². The molecule has 4 nitrogen and oxygen atoms in total. The molecular weight excluding hydrogens is 252 g/mol. The van der Waals surface area contributed by atoms with E-state index in [1.807, 2.05) is 26.0 Å². The number of anilines is 1. The minimum atomic E-state index is -0.117. The van der Waals surface area contributed by atoms with Crippen LogP contribution in [0.4, 0.5) is 5.88 Å². The van der Waals surface area contributed by atoms with Crippen LogP contribution in [0.2, 0.25) is 5.02 Å². The van der Waals surface area contributed by atoms with Crippen LogP contribution < -0.4 is 5.32 Å². The van der Waals surface area contributed by atoms with Gasteiger partial charge in [-0.25, -0.2) is 0 Å². The van der Waals surface area contributed by atoms with Gasteiger partial charge >= 0.3 is 0 Å². The third-order valence-electron chi connectivity index (χ3n) is 2.49. The SMILES string of the molecule is CC(C)C(=O)Nc1oncc1-c1ccc(Cl)cc1. The highest BCUT2D eigenvalue weighted by molar-refractivity contribution is 6.30.